The summed E-state index contributed by atoms with van der Waals surface area (Å²) in [5, 5.41) is 0. The molecule has 1 heterocycles. The van der Waals surface area contributed by atoms with Crippen LogP contribution in [0.2, 0.25) is 0 Å². The molecule has 3 nitrogen and oxygen atoms in total. The molecule has 1 aromatic heterocycles. The largest absolute Gasteiger partial charge is 0.382 e. The van der Waals surface area contributed by atoms with Crippen molar-refractivity contribution < 1.29 is 0 Å². The highest BCUT2D eigenvalue weighted by Gasteiger charge is 2.07. The van der Waals surface area contributed by atoms with Crippen LogP contribution in [-0.4, -0.2) is 9.97 Å². The van der Waals surface area contributed by atoms with Crippen LogP contribution in [0.15, 0.2) is 53.0 Å². The van der Waals surface area contributed by atoms with Gasteiger partial charge in [-0.3, -0.25) is 0 Å². The summed E-state index contributed by atoms with van der Waals surface area (Å²) in [6.45, 7) is 0. The lowest BCUT2D eigenvalue weighted by Crippen LogP contribution is -1.98. The first-order valence-corrected chi connectivity index (χ1v) is 6.31. The Bertz CT molecular complexity index is 708. The van der Waals surface area contributed by atoms with Gasteiger partial charge in [-0.25, -0.2) is 9.97 Å². The van der Waals surface area contributed by atoms with Crippen molar-refractivity contribution in [3.8, 4) is 11.3 Å². The number of nitrogens with two attached hydrogens (primary N) is 1. The predicted octanol–water partition coefficient (Wildman–Crippen LogP) is 3.64. The average Bonchev–Trinajstić information content (AvgIpc) is 2.39. The minimum atomic E-state index is 0.455. The van der Waals surface area contributed by atoms with Gasteiger partial charge in [-0.1, -0.05) is 40.2 Å². The molecule has 0 bridgehead atoms. The van der Waals surface area contributed by atoms with E-state index in [2.05, 4.69) is 25.9 Å². The summed E-state index contributed by atoms with van der Waals surface area (Å²) in [6.07, 6.45) is 0. The number of hydrogen-bond acceptors (Lipinski definition) is 3. The number of para-hydroxylation sites is 2. The van der Waals surface area contributed by atoms with Crippen LogP contribution in [-0.2, 0) is 0 Å². The third kappa shape index (κ3) is 1.95. The fraction of sp³-hybridized carbons (Fsp3) is 0. The molecule has 0 fully saturated rings. The first kappa shape index (κ1) is 11.2. The van der Waals surface area contributed by atoms with Gasteiger partial charge in [-0.05, 0) is 24.3 Å². The van der Waals surface area contributed by atoms with Gasteiger partial charge in [0.25, 0.3) is 0 Å². The van der Waals surface area contributed by atoms with Crippen molar-refractivity contribution >= 4 is 32.8 Å². The maximum atomic E-state index is 5.97. The molecule has 88 valence electrons. The Labute approximate surface area is 113 Å². The zero-order valence-corrected chi connectivity index (χ0v) is 11.1. The van der Waals surface area contributed by atoms with E-state index in [1.54, 1.807) is 0 Å². The normalized spacial score (nSPS) is 10.7. The molecule has 0 aliphatic rings. The highest BCUT2D eigenvalue weighted by atomic mass is 79.9. The van der Waals surface area contributed by atoms with Crippen LogP contribution in [0.4, 0.5) is 5.82 Å². The van der Waals surface area contributed by atoms with Crippen molar-refractivity contribution in [2.24, 2.45) is 0 Å². The fourth-order valence-corrected chi connectivity index (χ4v) is 2.10. The lowest BCUT2D eigenvalue weighted by atomic mass is 10.1. The molecular weight excluding hydrogens is 290 g/mol. The topological polar surface area (TPSA) is 51.8 Å². The molecule has 18 heavy (non-hydrogen) atoms. The van der Waals surface area contributed by atoms with Crippen LogP contribution in [0.1, 0.15) is 0 Å². The first-order chi connectivity index (χ1) is 8.74. The molecule has 0 saturated heterocycles. The molecule has 0 aliphatic carbocycles. The van der Waals surface area contributed by atoms with Gasteiger partial charge in [0.1, 0.15) is 5.69 Å². The summed E-state index contributed by atoms with van der Waals surface area (Å²) >= 11 is 3.41. The molecule has 2 N–H and O–H groups in total. The predicted molar refractivity (Wildman–Crippen MR) is 77.1 cm³/mol. The van der Waals surface area contributed by atoms with Crippen molar-refractivity contribution in [1.82, 2.24) is 9.97 Å². The Morgan fingerprint density at radius 1 is 0.833 bits per heavy atom. The van der Waals surface area contributed by atoms with E-state index in [4.69, 9.17) is 5.73 Å². The van der Waals surface area contributed by atoms with Crippen molar-refractivity contribution in [2.45, 2.75) is 0 Å². The van der Waals surface area contributed by atoms with E-state index in [1.807, 2.05) is 48.5 Å². The maximum Gasteiger partial charge on any atom is 0.150 e. The fourth-order valence-electron chi connectivity index (χ4n) is 1.83. The molecule has 0 atom stereocenters. The molecule has 0 saturated carbocycles. The minimum absolute atomic E-state index is 0.455. The Balaban J connectivity index is 2.22. The molecule has 2 aromatic carbocycles. The third-order valence-electron chi connectivity index (χ3n) is 2.72. The van der Waals surface area contributed by atoms with Crippen LogP contribution in [0.3, 0.4) is 0 Å². The van der Waals surface area contributed by atoms with E-state index >= 15 is 0 Å². The lowest BCUT2D eigenvalue weighted by Gasteiger charge is -2.06. The summed E-state index contributed by atoms with van der Waals surface area (Å²) in [6, 6.07) is 15.6. The Morgan fingerprint density at radius 3 is 2.11 bits per heavy atom. The van der Waals surface area contributed by atoms with Gasteiger partial charge in [0.2, 0.25) is 0 Å². The molecule has 4 heteroatoms. The van der Waals surface area contributed by atoms with Crippen molar-refractivity contribution in [1.29, 1.82) is 0 Å². The number of hydrogen-bond donors (Lipinski definition) is 1. The second-order valence-electron chi connectivity index (χ2n) is 3.95. The van der Waals surface area contributed by atoms with Gasteiger partial charge in [-0.15, -0.1) is 0 Å². The van der Waals surface area contributed by atoms with Crippen molar-refractivity contribution in [3.05, 3.63) is 53.0 Å². The van der Waals surface area contributed by atoms with Gasteiger partial charge in [0, 0.05) is 10.0 Å². The average molecular weight is 300 g/mol. The van der Waals surface area contributed by atoms with E-state index in [0.717, 1.165) is 26.8 Å². The molecule has 0 spiro atoms. The summed E-state index contributed by atoms with van der Waals surface area (Å²) in [5.74, 6) is 0.455. The van der Waals surface area contributed by atoms with E-state index < -0.39 is 0 Å². The SMILES string of the molecule is Nc1nc2ccccc2nc1-c1ccc(Br)cc1. The summed E-state index contributed by atoms with van der Waals surface area (Å²) in [7, 11) is 0. The highest BCUT2D eigenvalue weighted by Crippen LogP contribution is 2.26. The van der Waals surface area contributed by atoms with E-state index in [1.165, 1.54) is 0 Å². The number of nitrogen functional groups attached to an aromatic ring is 1. The molecule has 0 amide bonds. The van der Waals surface area contributed by atoms with Crippen molar-refractivity contribution in [2.75, 3.05) is 5.73 Å². The quantitative estimate of drug-likeness (QED) is 0.746. The summed E-state index contributed by atoms with van der Waals surface area (Å²) < 4.78 is 1.03. The number of anilines is 1. The number of benzene rings is 2. The highest BCUT2D eigenvalue weighted by molar-refractivity contribution is 9.10. The molecule has 3 rings (SSSR count). The molecule has 0 radical (unpaired) electrons. The standard InChI is InChI=1S/C14H10BrN3/c15-10-7-5-9(6-8-10)13-14(16)18-12-4-2-1-3-11(12)17-13/h1-8H,(H2,16,18). The Kier molecular flexibility index (Phi) is 2.72. The van der Waals surface area contributed by atoms with Gasteiger partial charge >= 0.3 is 0 Å². The van der Waals surface area contributed by atoms with Crippen LogP contribution in [0, 0.1) is 0 Å². The van der Waals surface area contributed by atoms with E-state index in [9.17, 15) is 0 Å². The van der Waals surface area contributed by atoms with Crippen LogP contribution >= 0.6 is 15.9 Å². The second-order valence-corrected chi connectivity index (χ2v) is 4.87. The summed E-state index contributed by atoms with van der Waals surface area (Å²) in [4.78, 5) is 8.95. The van der Waals surface area contributed by atoms with Crippen LogP contribution in [0.5, 0.6) is 0 Å². The Morgan fingerprint density at radius 2 is 1.44 bits per heavy atom. The zero-order chi connectivity index (χ0) is 12.5. The van der Waals surface area contributed by atoms with Gasteiger partial charge < -0.3 is 5.73 Å². The van der Waals surface area contributed by atoms with Gasteiger partial charge in [0.15, 0.2) is 5.82 Å². The number of aromatic nitrogens is 2. The molecule has 3 aromatic rings. The van der Waals surface area contributed by atoms with Crippen LogP contribution in [0.25, 0.3) is 22.3 Å². The van der Waals surface area contributed by atoms with E-state index in [0.29, 0.717) is 5.82 Å². The second kappa shape index (κ2) is 4.38. The van der Waals surface area contributed by atoms with Crippen molar-refractivity contribution in [3.63, 3.8) is 0 Å². The maximum absolute atomic E-state index is 5.97. The monoisotopic (exact) mass is 299 g/mol. The first-order valence-electron chi connectivity index (χ1n) is 5.52. The smallest absolute Gasteiger partial charge is 0.150 e. The molecule has 0 aliphatic heterocycles. The van der Waals surface area contributed by atoms with E-state index in [-0.39, 0.29) is 0 Å². The zero-order valence-electron chi connectivity index (χ0n) is 9.47. The number of fused-ring (bicyclic) bond motifs is 1. The van der Waals surface area contributed by atoms with Gasteiger partial charge in [0.05, 0.1) is 11.0 Å². The molecular formula is C14H10BrN3. The Hall–Kier alpha value is -1.94. The minimum Gasteiger partial charge on any atom is -0.382 e. The van der Waals surface area contributed by atoms with Crippen LogP contribution < -0.4 is 5.73 Å². The number of nitrogens with zero attached hydrogens (tertiary/aromatic N) is 2. The molecule has 0 unspecified atom stereocenters. The van der Waals surface area contributed by atoms with Gasteiger partial charge in [-0.2, -0.15) is 0 Å². The third-order valence-corrected chi connectivity index (χ3v) is 3.24. The summed E-state index contributed by atoms with van der Waals surface area (Å²) in [5.41, 5.74) is 9.33. The number of halogens is 1. The lowest BCUT2D eigenvalue weighted by molar-refractivity contribution is 1.30. The number of rotatable bonds is 1.